The van der Waals surface area contributed by atoms with Crippen LogP contribution in [0.25, 0.3) is 0 Å². The van der Waals surface area contributed by atoms with Crippen LogP contribution in [0.1, 0.15) is 5.56 Å². The first-order valence-electron chi connectivity index (χ1n) is 5.03. The van der Waals surface area contributed by atoms with E-state index in [2.05, 4.69) is 4.90 Å². The van der Waals surface area contributed by atoms with Gasteiger partial charge in [0, 0.05) is 29.4 Å². The molecule has 1 heterocycles. The van der Waals surface area contributed by atoms with Crippen LogP contribution in [0.2, 0.25) is 5.02 Å². The lowest BCUT2D eigenvalue weighted by Crippen LogP contribution is -2.36. The van der Waals surface area contributed by atoms with Gasteiger partial charge in [-0.2, -0.15) is 0 Å². The van der Waals surface area contributed by atoms with Gasteiger partial charge in [-0.1, -0.05) is 11.6 Å². The third-order valence-corrected chi connectivity index (χ3v) is 2.80. The Labute approximate surface area is 94.2 Å². The lowest BCUT2D eigenvalue weighted by Gasteiger charge is -2.30. The second-order valence-electron chi connectivity index (χ2n) is 3.53. The van der Waals surface area contributed by atoms with E-state index in [1.54, 1.807) is 0 Å². The fourth-order valence-electron chi connectivity index (χ4n) is 1.79. The summed E-state index contributed by atoms with van der Waals surface area (Å²) in [7, 11) is 0. The lowest BCUT2D eigenvalue weighted by molar-refractivity contribution is 0.122. The van der Waals surface area contributed by atoms with Gasteiger partial charge in [0.1, 0.15) is 0 Å². The molecule has 3 nitrogen and oxygen atoms in total. The van der Waals surface area contributed by atoms with Gasteiger partial charge in [0.05, 0.1) is 19.8 Å². The van der Waals surface area contributed by atoms with Crippen molar-refractivity contribution in [1.82, 2.24) is 0 Å². The van der Waals surface area contributed by atoms with E-state index in [4.69, 9.17) is 16.3 Å². The molecule has 1 aliphatic rings. The molecule has 2 rings (SSSR count). The van der Waals surface area contributed by atoms with Crippen LogP contribution in [0.3, 0.4) is 0 Å². The molecule has 15 heavy (non-hydrogen) atoms. The third kappa shape index (κ3) is 2.43. The Bertz CT molecular complexity index is 337. The van der Waals surface area contributed by atoms with Crippen LogP contribution >= 0.6 is 11.6 Å². The number of morpholine rings is 1. The molecule has 0 atom stereocenters. The number of aliphatic hydroxyl groups is 1. The SMILES string of the molecule is OCc1cc(Cl)ccc1N1CCOCC1. The predicted molar refractivity (Wildman–Crippen MR) is 60.4 cm³/mol. The number of benzene rings is 1. The highest BCUT2D eigenvalue weighted by atomic mass is 35.5. The molecule has 0 amide bonds. The standard InChI is InChI=1S/C11H14ClNO2/c12-10-1-2-11(9(7-10)8-14)13-3-5-15-6-4-13/h1-2,7,14H,3-6,8H2. The molecule has 0 saturated carbocycles. The first-order chi connectivity index (χ1) is 7.31. The molecule has 0 aromatic heterocycles. The van der Waals surface area contributed by atoms with Gasteiger partial charge in [-0.05, 0) is 18.2 Å². The summed E-state index contributed by atoms with van der Waals surface area (Å²) in [4.78, 5) is 2.21. The van der Waals surface area contributed by atoms with Crippen LogP contribution in [-0.4, -0.2) is 31.4 Å². The molecule has 0 aliphatic carbocycles. The Kier molecular flexibility index (Phi) is 3.46. The van der Waals surface area contributed by atoms with Gasteiger partial charge < -0.3 is 14.7 Å². The molecular formula is C11H14ClNO2. The van der Waals surface area contributed by atoms with Gasteiger partial charge >= 0.3 is 0 Å². The zero-order chi connectivity index (χ0) is 10.7. The molecular weight excluding hydrogens is 214 g/mol. The second kappa shape index (κ2) is 4.84. The molecule has 0 unspecified atom stereocenters. The molecule has 0 radical (unpaired) electrons. The molecule has 4 heteroatoms. The van der Waals surface area contributed by atoms with Gasteiger partial charge in [0.2, 0.25) is 0 Å². The van der Waals surface area contributed by atoms with E-state index >= 15 is 0 Å². The summed E-state index contributed by atoms with van der Waals surface area (Å²) in [5, 5.41) is 9.92. The smallest absolute Gasteiger partial charge is 0.0702 e. The maximum absolute atomic E-state index is 9.26. The van der Waals surface area contributed by atoms with E-state index in [9.17, 15) is 5.11 Å². The Morgan fingerprint density at radius 3 is 2.73 bits per heavy atom. The monoisotopic (exact) mass is 227 g/mol. The zero-order valence-corrected chi connectivity index (χ0v) is 9.20. The minimum Gasteiger partial charge on any atom is -0.392 e. The van der Waals surface area contributed by atoms with E-state index in [0.29, 0.717) is 5.02 Å². The van der Waals surface area contributed by atoms with Crippen molar-refractivity contribution in [3.05, 3.63) is 28.8 Å². The summed E-state index contributed by atoms with van der Waals surface area (Å²) in [6.07, 6.45) is 0. The maximum Gasteiger partial charge on any atom is 0.0702 e. The van der Waals surface area contributed by atoms with E-state index < -0.39 is 0 Å². The summed E-state index contributed by atoms with van der Waals surface area (Å²) >= 11 is 5.88. The Morgan fingerprint density at radius 2 is 2.07 bits per heavy atom. The maximum atomic E-state index is 9.26. The zero-order valence-electron chi connectivity index (χ0n) is 8.45. The molecule has 1 aliphatic heterocycles. The predicted octanol–water partition coefficient (Wildman–Crippen LogP) is 1.67. The van der Waals surface area contributed by atoms with E-state index in [1.807, 2.05) is 18.2 Å². The first kappa shape index (κ1) is 10.7. The van der Waals surface area contributed by atoms with Gasteiger partial charge in [-0.3, -0.25) is 0 Å². The van der Waals surface area contributed by atoms with Gasteiger partial charge in [0.25, 0.3) is 0 Å². The van der Waals surface area contributed by atoms with E-state index in [1.165, 1.54) is 0 Å². The molecule has 0 bridgehead atoms. The molecule has 82 valence electrons. The van der Waals surface area contributed by atoms with Gasteiger partial charge in [-0.15, -0.1) is 0 Å². The minimum absolute atomic E-state index is 0.0211. The number of hydrogen-bond donors (Lipinski definition) is 1. The fourth-order valence-corrected chi connectivity index (χ4v) is 1.99. The molecule has 1 N–H and O–H groups in total. The molecule has 1 fully saturated rings. The summed E-state index contributed by atoms with van der Waals surface area (Å²) in [6.45, 7) is 3.25. The highest BCUT2D eigenvalue weighted by Gasteiger charge is 2.14. The highest BCUT2D eigenvalue weighted by Crippen LogP contribution is 2.25. The molecule has 1 aromatic carbocycles. The van der Waals surface area contributed by atoms with Crippen LogP contribution in [-0.2, 0) is 11.3 Å². The Morgan fingerprint density at radius 1 is 1.33 bits per heavy atom. The van der Waals surface area contributed by atoms with Crippen LogP contribution in [0.4, 0.5) is 5.69 Å². The average molecular weight is 228 g/mol. The van der Waals surface area contributed by atoms with Crippen LogP contribution in [0.15, 0.2) is 18.2 Å². The number of halogens is 1. The number of anilines is 1. The van der Waals surface area contributed by atoms with Crippen molar-refractivity contribution in [2.45, 2.75) is 6.61 Å². The Hall–Kier alpha value is -0.770. The van der Waals surface area contributed by atoms with Gasteiger partial charge in [-0.25, -0.2) is 0 Å². The number of rotatable bonds is 2. The van der Waals surface area contributed by atoms with Crippen molar-refractivity contribution in [2.75, 3.05) is 31.2 Å². The topological polar surface area (TPSA) is 32.7 Å². The van der Waals surface area contributed by atoms with Crippen LogP contribution in [0.5, 0.6) is 0 Å². The number of hydrogen-bond acceptors (Lipinski definition) is 3. The summed E-state index contributed by atoms with van der Waals surface area (Å²) in [6, 6.07) is 5.62. The largest absolute Gasteiger partial charge is 0.392 e. The summed E-state index contributed by atoms with van der Waals surface area (Å²) in [5.74, 6) is 0. The van der Waals surface area contributed by atoms with Crippen molar-refractivity contribution in [2.24, 2.45) is 0 Å². The summed E-state index contributed by atoms with van der Waals surface area (Å²) in [5.41, 5.74) is 1.94. The Balaban J connectivity index is 2.25. The number of aliphatic hydroxyl groups excluding tert-OH is 1. The van der Waals surface area contributed by atoms with Crippen molar-refractivity contribution < 1.29 is 9.84 Å². The second-order valence-corrected chi connectivity index (χ2v) is 3.97. The van der Waals surface area contributed by atoms with Crippen molar-refractivity contribution in [3.8, 4) is 0 Å². The van der Waals surface area contributed by atoms with E-state index in [0.717, 1.165) is 37.6 Å². The van der Waals surface area contributed by atoms with Crippen molar-refractivity contribution >= 4 is 17.3 Å². The highest BCUT2D eigenvalue weighted by molar-refractivity contribution is 6.30. The molecule has 1 saturated heterocycles. The van der Waals surface area contributed by atoms with Crippen molar-refractivity contribution in [3.63, 3.8) is 0 Å². The van der Waals surface area contributed by atoms with Crippen LogP contribution in [0, 0.1) is 0 Å². The van der Waals surface area contributed by atoms with Gasteiger partial charge in [0.15, 0.2) is 0 Å². The third-order valence-electron chi connectivity index (χ3n) is 2.56. The quantitative estimate of drug-likeness (QED) is 0.835. The normalized spacial score (nSPS) is 16.8. The van der Waals surface area contributed by atoms with Crippen molar-refractivity contribution in [1.29, 1.82) is 0 Å². The van der Waals surface area contributed by atoms with Crippen LogP contribution < -0.4 is 4.90 Å². The minimum atomic E-state index is 0.0211. The average Bonchev–Trinajstić information content (AvgIpc) is 2.30. The lowest BCUT2D eigenvalue weighted by atomic mass is 10.1. The number of ether oxygens (including phenoxy) is 1. The molecule has 1 aromatic rings. The number of nitrogens with zero attached hydrogens (tertiary/aromatic N) is 1. The molecule has 0 spiro atoms. The first-order valence-corrected chi connectivity index (χ1v) is 5.41. The summed E-state index contributed by atoms with van der Waals surface area (Å²) < 4.78 is 5.29. The fraction of sp³-hybridized carbons (Fsp3) is 0.455. The van der Waals surface area contributed by atoms with E-state index in [-0.39, 0.29) is 6.61 Å².